The molecule has 0 atom stereocenters. The van der Waals surface area contributed by atoms with Gasteiger partial charge in [-0.25, -0.2) is 4.98 Å². The Morgan fingerprint density at radius 2 is 1.78 bits per heavy atom. The molecule has 3 fully saturated rings. The van der Waals surface area contributed by atoms with Gasteiger partial charge in [-0.3, -0.25) is 14.8 Å². The highest BCUT2D eigenvalue weighted by Gasteiger charge is 2.45. The minimum Gasteiger partial charge on any atom is -0.310 e. The molecule has 0 saturated carbocycles. The molecule has 0 unspecified atom stereocenters. The summed E-state index contributed by atoms with van der Waals surface area (Å²) in [4.78, 5) is 28.5. The van der Waals surface area contributed by atoms with Crippen molar-refractivity contribution >= 4 is 22.5 Å². The highest BCUT2D eigenvalue weighted by molar-refractivity contribution is 5.96. The third-order valence-corrected chi connectivity index (χ3v) is 6.00. The number of fused-ring (bicyclic) bond motifs is 4. The van der Waals surface area contributed by atoms with Gasteiger partial charge in [0.05, 0.1) is 11.1 Å². The van der Waals surface area contributed by atoms with E-state index in [0.717, 1.165) is 60.9 Å². The quantitative estimate of drug-likeness (QED) is 0.778. The second kappa shape index (κ2) is 6.39. The van der Waals surface area contributed by atoms with Crippen LogP contribution >= 0.6 is 0 Å². The van der Waals surface area contributed by atoms with E-state index >= 15 is 0 Å². The van der Waals surface area contributed by atoms with E-state index in [1.807, 2.05) is 30.5 Å². The Hall–Kier alpha value is -2.86. The molecule has 2 bridgehead atoms. The number of rotatable bonds is 3. The van der Waals surface area contributed by atoms with Gasteiger partial charge in [0.15, 0.2) is 0 Å². The van der Waals surface area contributed by atoms with Crippen molar-refractivity contribution < 1.29 is 4.79 Å². The summed E-state index contributed by atoms with van der Waals surface area (Å²) in [5.74, 6) is 0.730. The zero-order chi connectivity index (χ0) is 18.3. The number of hydrogen-bond acceptors (Lipinski definition) is 5. The van der Waals surface area contributed by atoms with Crippen LogP contribution in [0.1, 0.15) is 19.3 Å². The third-order valence-electron chi connectivity index (χ3n) is 6.00. The Bertz CT molecular complexity index is 982. The van der Waals surface area contributed by atoms with Crippen LogP contribution in [0, 0.1) is 5.41 Å². The van der Waals surface area contributed by atoms with Crippen LogP contribution in [0.15, 0.2) is 49.1 Å². The fourth-order valence-corrected chi connectivity index (χ4v) is 4.19. The van der Waals surface area contributed by atoms with Crippen LogP contribution in [-0.4, -0.2) is 45.4 Å². The maximum absolute atomic E-state index is 13.0. The number of anilines is 1. The van der Waals surface area contributed by atoms with E-state index in [9.17, 15) is 4.79 Å². The first-order valence-electron chi connectivity index (χ1n) is 9.42. The molecule has 0 aromatic carbocycles. The summed E-state index contributed by atoms with van der Waals surface area (Å²) in [6.45, 7) is 3.08. The molecule has 27 heavy (non-hydrogen) atoms. The first kappa shape index (κ1) is 16.3. The predicted octanol–water partition coefficient (Wildman–Crippen LogP) is 3.12. The normalized spacial score (nSPS) is 24.1. The molecule has 6 rings (SSSR count). The monoisotopic (exact) mass is 359 g/mol. The molecular weight excluding hydrogens is 338 g/mol. The van der Waals surface area contributed by atoms with Gasteiger partial charge in [-0.15, -0.1) is 0 Å². The van der Waals surface area contributed by atoms with Gasteiger partial charge in [-0.1, -0.05) is 0 Å². The van der Waals surface area contributed by atoms with E-state index in [1.54, 1.807) is 18.6 Å². The summed E-state index contributed by atoms with van der Waals surface area (Å²) >= 11 is 0. The van der Waals surface area contributed by atoms with Crippen molar-refractivity contribution in [2.45, 2.75) is 19.3 Å². The van der Waals surface area contributed by atoms with Gasteiger partial charge in [-0.2, -0.15) is 0 Å². The minimum atomic E-state index is -0.218. The summed E-state index contributed by atoms with van der Waals surface area (Å²) in [6.07, 6.45) is 9.96. The Kier molecular flexibility index (Phi) is 3.86. The van der Waals surface area contributed by atoms with Gasteiger partial charge in [0.25, 0.3) is 0 Å². The third kappa shape index (κ3) is 2.96. The van der Waals surface area contributed by atoms with Gasteiger partial charge in [0.2, 0.25) is 5.91 Å². The Labute approximate surface area is 157 Å². The molecule has 3 aromatic heterocycles. The van der Waals surface area contributed by atoms with Gasteiger partial charge >= 0.3 is 0 Å². The molecular formula is C21H21N5O. The Morgan fingerprint density at radius 1 is 1.00 bits per heavy atom. The molecule has 6 heterocycles. The smallest absolute Gasteiger partial charge is 0.231 e. The van der Waals surface area contributed by atoms with E-state index in [-0.39, 0.29) is 11.3 Å². The van der Waals surface area contributed by atoms with Crippen LogP contribution in [0.25, 0.3) is 22.0 Å². The molecule has 0 aliphatic carbocycles. The number of carbonyl (C=O) groups is 1. The molecule has 0 spiro atoms. The van der Waals surface area contributed by atoms with E-state index in [0.29, 0.717) is 5.82 Å². The maximum atomic E-state index is 13.0. The zero-order valence-electron chi connectivity index (χ0n) is 15.1. The molecule has 1 N–H and O–H groups in total. The van der Waals surface area contributed by atoms with Gasteiger partial charge in [-0.05, 0) is 68.5 Å². The molecule has 3 aromatic rings. The van der Waals surface area contributed by atoms with Gasteiger partial charge in [0, 0.05) is 35.7 Å². The lowest BCUT2D eigenvalue weighted by molar-refractivity contribution is -0.132. The van der Waals surface area contributed by atoms with Gasteiger partial charge < -0.3 is 10.2 Å². The van der Waals surface area contributed by atoms with Crippen molar-refractivity contribution in [2.24, 2.45) is 5.41 Å². The zero-order valence-corrected chi connectivity index (χ0v) is 15.1. The van der Waals surface area contributed by atoms with Gasteiger partial charge in [0.1, 0.15) is 5.82 Å². The molecule has 0 radical (unpaired) electrons. The largest absolute Gasteiger partial charge is 0.310 e. The van der Waals surface area contributed by atoms with E-state index in [4.69, 9.17) is 0 Å². The molecule has 3 aliphatic heterocycles. The lowest BCUT2D eigenvalue weighted by Crippen LogP contribution is -2.53. The molecule has 3 saturated heterocycles. The number of nitrogens with zero attached hydrogens (tertiary/aromatic N) is 4. The lowest BCUT2D eigenvalue weighted by Gasteiger charge is -2.47. The number of carbonyl (C=O) groups excluding carboxylic acids is 1. The standard InChI is InChI=1S/C21H21N5O/c27-20(21-3-7-26(8-4-21)9-5-21)25-19-11-16-10-18(15-2-1-6-22-12-15)23-13-17(16)14-24-19/h1-2,6,10-14H,3-5,7-9H2,(H,24,25,27). The molecule has 3 aliphatic rings. The molecule has 1 amide bonds. The SMILES string of the molecule is O=C(Nc1cc2cc(-c3cccnc3)ncc2cn1)C12CCN(CC1)CC2. The first-order chi connectivity index (χ1) is 13.2. The van der Waals surface area contributed by atoms with E-state index in [1.165, 1.54) is 0 Å². The van der Waals surface area contributed by atoms with Crippen molar-refractivity contribution in [3.8, 4) is 11.3 Å². The number of hydrogen-bond donors (Lipinski definition) is 1. The highest BCUT2D eigenvalue weighted by atomic mass is 16.2. The fraction of sp³-hybridized carbons (Fsp3) is 0.333. The number of piperidine rings is 3. The molecule has 136 valence electrons. The van der Waals surface area contributed by atoms with Crippen LogP contribution in [-0.2, 0) is 4.79 Å². The van der Waals surface area contributed by atoms with Crippen molar-refractivity contribution in [1.82, 2.24) is 19.9 Å². The lowest BCUT2D eigenvalue weighted by atomic mass is 9.71. The van der Waals surface area contributed by atoms with Crippen LogP contribution in [0.2, 0.25) is 0 Å². The van der Waals surface area contributed by atoms with Crippen LogP contribution in [0.3, 0.4) is 0 Å². The molecule has 6 heteroatoms. The summed E-state index contributed by atoms with van der Waals surface area (Å²) in [5.41, 5.74) is 1.61. The van der Waals surface area contributed by atoms with Crippen molar-refractivity contribution in [3.05, 3.63) is 49.1 Å². The fourth-order valence-electron chi connectivity index (χ4n) is 4.19. The average Bonchev–Trinajstić information content (AvgIpc) is 2.75. The number of nitrogens with one attached hydrogen (secondary N) is 1. The first-order valence-corrected chi connectivity index (χ1v) is 9.42. The Balaban J connectivity index is 1.43. The Morgan fingerprint density at radius 3 is 2.52 bits per heavy atom. The minimum absolute atomic E-state index is 0.121. The van der Waals surface area contributed by atoms with E-state index < -0.39 is 0 Å². The second-order valence-corrected chi connectivity index (χ2v) is 7.55. The second-order valence-electron chi connectivity index (χ2n) is 7.55. The number of amides is 1. The summed E-state index contributed by atoms with van der Waals surface area (Å²) < 4.78 is 0. The predicted molar refractivity (Wildman–Crippen MR) is 104 cm³/mol. The molecule has 6 nitrogen and oxygen atoms in total. The van der Waals surface area contributed by atoms with Crippen molar-refractivity contribution in [3.63, 3.8) is 0 Å². The summed E-state index contributed by atoms with van der Waals surface area (Å²) in [5, 5.41) is 5.03. The maximum Gasteiger partial charge on any atom is 0.231 e. The average molecular weight is 359 g/mol. The van der Waals surface area contributed by atoms with Crippen LogP contribution in [0.5, 0.6) is 0 Å². The highest BCUT2D eigenvalue weighted by Crippen LogP contribution is 2.40. The number of pyridine rings is 3. The topological polar surface area (TPSA) is 71.0 Å². The summed E-state index contributed by atoms with van der Waals surface area (Å²) in [6, 6.07) is 7.83. The summed E-state index contributed by atoms with van der Waals surface area (Å²) in [7, 11) is 0. The van der Waals surface area contributed by atoms with Crippen molar-refractivity contribution in [1.29, 1.82) is 0 Å². The van der Waals surface area contributed by atoms with Crippen LogP contribution in [0.4, 0.5) is 5.82 Å². The van der Waals surface area contributed by atoms with E-state index in [2.05, 4.69) is 25.2 Å². The number of aromatic nitrogens is 3. The van der Waals surface area contributed by atoms with Crippen molar-refractivity contribution in [2.75, 3.05) is 25.0 Å². The van der Waals surface area contributed by atoms with Crippen LogP contribution < -0.4 is 5.32 Å².